The van der Waals surface area contributed by atoms with Crippen molar-refractivity contribution in [3.05, 3.63) is 60.6 Å². The molecule has 0 spiro atoms. The summed E-state index contributed by atoms with van der Waals surface area (Å²) in [5.74, 6) is 1.83. The van der Waals surface area contributed by atoms with Crippen LogP contribution in [0.1, 0.15) is 44.7 Å². The second kappa shape index (κ2) is 10.4. The molecule has 6 nitrogen and oxygen atoms in total. The van der Waals surface area contributed by atoms with Gasteiger partial charge in [0.2, 0.25) is 0 Å². The summed E-state index contributed by atoms with van der Waals surface area (Å²) in [6, 6.07) is 14.5. The fraction of sp³-hybridized carbons (Fsp3) is 0.433. The maximum atomic E-state index is 6.17. The van der Waals surface area contributed by atoms with Crippen LogP contribution in [-0.4, -0.2) is 50.9 Å². The first-order valence-corrected chi connectivity index (χ1v) is 13.6. The van der Waals surface area contributed by atoms with Crippen molar-refractivity contribution < 1.29 is 4.74 Å². The van der Waals surface area contributed by atoms with Gasteiger partial charge in [0.25, 0.3) is 0 Å². The molecule has 0 saturated heterocycles. The minimum absolute atomic E-state index is 0.733. The smallest absolute Gasteiger partial charge is 0.121 e. The average Bonchev–Trinajstić information content (AvgIpc) is 3.48. The maximum absolute atomic E-state index is 6.17. The van der Waals surface area contributed by atoms with Crippen LogP contribution in [-0.2, 0) is 13.0 Å². The number of nitrogens with zero attached hydrogens (tertiary/aromatic N) is 5. The Kier molecular flexibility index (Phi) is 6.69. The predicted molar refractivity (Wildman–Crippen MR) is 144 cm³/mol. The summed E-state index contributed by atoms with van der Waals surface area (Å²) in [7, 11) is 0. The number of rotatable bonds is 11. The zero-order valence-corrected chi connectivity index (χ0v) is 21.2. The van der Waals surface area contributed by atoms with E-state index in [9.17, 15) is 0 Å². The van der Waals surface area contributed by atoms with Crippen LogP contribution in [0.4, 0.5) is 0 Å². The Balaban J connectivity index is 1.22. The topological polar surface area (TPSA) is 56.1 Å². The molecular formula is C30H35N5O. The largest absolute Gasteiger partial charge is 0.493 e. The standard InChI is InChI=1S/C30H35N5O/c1-2-16-34(21-22-9-10-22)17-6-19-36-23-11-12-24-25(13-15-32-27(24)20-23)29-28-8-5-18-35(28)33-30(29)26-7-3-4-14-31-26/h3-4,7,11-15,20,22H,2,5-6,8-10,16-19,21H2,1H3. The van der Waals surface area contributed by atoms with E-state index in [0.29, 0.717) is 0 Å². The van der Waals surface area contributed by atoms with E-state index in [1.165, 1.54) is 49.2 Å². The lowest BCUT2D eigenvalue weighted by molar-refractivity contribution is 0.227. The van der Waals surface area contributed by atoms with Crippen molar-refractivity contribution in [2.75, 3.05) is 26.2 Å². The minimum atomic E-state index is 0.733. The van der Waals surface area contributed by atoms with Gasteiger partial charge in [-0.05, 0) is 86.9 Å². The van der Waals surface area contributed by atoms with E-state index >= 15 is 0 Å². The Labute approximate surface area is 213 Å². The van der Waals surface area contributed by atoms with Gasteiger partial charge < -0.3 is 9.64 Å². The average molecular weight is 482 g/mol. The van der Waals surface area contributed by atoms with Crippen LogP contribution in [0, 0.1) is 5.92 Å². The lowest BCUT2D eigenvalue weighted by atomic mass is 9.96. The zero-order valence-electron chi connectivity index (χ0n) is 21.2. The highest BCUT2D eigenvalue weighted by atomic mass is 16.5. The van der Waals surface area contributed by atoms with E-state index in [0.717, 1.165) is 72.9 Å². The molecule has 4 heterocycles. The van der Waals surface area contributed by atoms with Gasteiger partial charge in [0.05, 0.1) is 17.8 Å². The highest BCUT2D eigenvalue weighted by Crippen LogP contribution is 2.40. The lowest BCUT2D eigenvalue weighted by Gasteiger charge is -2.21. The first-order chi connectivity index (χ1) is 17.8. The van der Waals surface area contributed by atoms with Crippen molar-refractivity contribution in [1.29, 1.82) is 0 Å². The Morgan fingerprint density at radius 3 is 2.83 bits per heavy atom. The molecule has 0 radical (unpaired) electrons. The third-order valence-electron chi connectivity index (χ3n) is 7.37. The predicted octanol–water partition coefficient (Wildman–Crippen LogP) is 6.00. The van der Waals surface area contributed by atoms with Crippen LogP contribution in [0.25, 0.3) is 33.4 Å². The van der Waals surface area contributed by atoms with Crippen molar-refractivity contribution in [1.82, 2.24) is 24.6 Å². The summed E-state index contributed by atoms with van der Waals surface area (Å²) in [5, 5.41) is 6.09. The number of aryl methyl sites for hydroxylation is 1. The molecule has 1 aromatic carbocycles. The number of ether oxygens (including phenoxy) is 1. The first kappa shape index (κ1) is 23.2. The van der Waals surface area contributed by atoms with Gasteiger partial charge in [-0.3, -0.25) is 14.6 Å². The van der Waals surface area contributed by atoms with E-state index in [4.69, 9.17) is 14.8 Å². The minimum Gasteiger partial charge on any atom is -0.493 e. The highest BCUT2D eigenvalue weighted by molar-refractivity contribution is 5.99. The van der Waals surface area contributed by atoms with Crippen LogP contribution in [0.15, 0.2) is 54.9 Å². The molecule has 6 heteroatoms. The fourth-order valence-corrected chi connectivity index (χ4v) is 5.49. The Bertz CT molecular complexity index is 1330. The van der Waals surface area contributed by atoms with Crippen LogP contribution >= 0.6 is 0 Å². The van der Waals surface area contributed by atoms with Gasteiger partial charge in [0.15, 0.2) is 0 Å². The lowest BCUT2D eigenvalue weighted by Crippen LogP contribution is -2.29. The van der Waals surface area contributed by atoms with E-state index < -0.39 is 0 Å². The van der Waals surface area contributed by atoms with Gasteiger partial charge in [-0.25, -0.2) is 0 Å². The van der Waals surface area contributed by atoms with Crippen LogP contribution in [0.3, 0.4) is 0 Å². The van der Waals surface area contributed by atoms with Crippen molar-refractivity contribution in [2.24, 2.45) is 5.92 Å². The number of fused-ring (bicyclic) bond motifs is 2. The summed E-state index contributed by atoms with van der Waals surface area (Å²) < 4.78 is 8.33. The van der Waals surface area contributed by atoms with Crippen molar-refractivity contribution in [3.8, 4) is 28.3 Å². The Morgan fingerprint density at radius 1 is 1.06 bits per heavy atom. The summed E-state index contributed by atoms with van der Waals surface area (Å²) in [5.41, 5.74) is 6.49. The van der Waals surface area contributed by atoms with Gasteiger partial charge in [-0.15, -0.1) is 0 Å². The molecule has 1 saturated carbocycles. The molecule has 1 fully saturated rings. The van der Waals surface area contributed by atoms with E-state index in [-0.39, 0.29) is 0 Å². The van der Waals surface area contributed by atoms with Crippen molar-refractivity contribution in [3.63, 3.8) is 0 Å². The summed E-state index contributed by atoms with van der Waals surface area (Å²) in [6.07, 6.45) is 11.0. The van der Waals surface area contributed by atoms with Gasteiger partial charge in [-0.2, -0.15) is 5.10 Å². The monoisotopic (exact) mass is 481 g/mol. The number of pyridine rings is 2. The number of hydrogen-bond donors (Lipinski definition) is 0. The Hall–Kier alpha value is -3.25. The van der Waals surface area contributed by atoms with Crippen molar-refractivity contribution in [2.45, 2.75) is 52.0 Å². The van der Waals surface area contributed by atoms with E-state index in [2.05, 4.69) is 45.8 Å². The Morgan fingerprint density at radius 2 is 2.00 bits per heavy atom. The van der Waals surface area contributed by atoms with Crippen molar-refractivity contribution >= 4 is 10.9 Å². The molecule has 186 valence electrons. The number of hydrogen-bond acceptors (Lipinski definition) is 5. The molecule has 1 aliphatic carbocycles. The molecule has 0 bridgehead atoms. The third kappa shape index (κ3) is 4.87. The molecule has 36 heavy (non-hydrogen) atoms. The summed E-state index contributed by atoms with van der Waals surface area (Å²) in [6.45, 7) is 7.53. The highest BCUT2D eigenvalue weighted by Gasteiger charge is 2.26. The van der Waals surface area contributed by atoms with Crippen LogP contribution in [0.5, 0.6) is 5.75 Å². The number of benzene rings is 1. The second-order valence-electron chi connectivity index (χ2n) is 10.2. The SMILES string of the molecule is CCCN(CCCOc1ccc2c(-c3c(-c4ccccn4)nn4c3CCC4)ccnc2c1)CC1CC1. The molecule has 4 aromatic rings. The normalized spacial score (nSPS) is 15.1. The van der Waals surface area contributed by atoms with Gasteiger partial charge in [0.1, 0.15) is 11.4 Å². The van der Waals surface area contributed by atoms with Gasteiger partial charge >= 0.3 is 0 Å². The van der Waals surface area contributed by atoms with E-state index in [1.54, 1.807) is 0 Å². The first-order valence-electron chi connectivity index (χ1n) is 13.6. The summed E-state index contributed by atoms with van der Waals surface area (Å²) >= 11 is 0. The molecule has 2 aliphatic rings. The molecule has 0 N–H and O–H groups in total. The van der Waals surface area contributed by atoms with Crippen LogP contribution < -0.4 is 4.74 Å². The zero-order chi connectivity index (χ0) is 24.3. The molecular weight excluding hydrogens is 446 g/mol. The molecule has 0 atom stereocenters. The quantitative estimate of drug-likeness (QED) is 0.246. The molecule has 0 amide bonds. The summed E-state index contributed by atoms with van der Waals surface area (Å²) in [4.78, 5) is 11.9. The molecule has 6 rings (SSSR count). The maximum Gasteiger partial charge on any atom is 0.121 e. The fourth-order valence-electron chi connectivity index (χ4n) is 5.49. The van der Waals surface area contributed by atoms with Gasteiger partial charge in [-0.1, -0.05) is 13.0 Å². The van der Waals surface area contributed by atoms with E-state index in [1.807, 2.05) is 30.6 Å². The molecule has 1 aliphatic heterocycles. The van der Waals surface area contributed by atoms with Crippen LogP contribution in [0.2, 0.25) is 0 Å². The molecule has 0 unspecified atom stereocenters. The van der Waals surface area contributed by atoms with Gasteiger partial charge in [0, 0.05) is 54.7 Å². The molecule has 3 aromatic heterocycles. The number of aromatic nitrogens is 4. The second-order valence-corrected chi connectivity index (χ2v) is 10.2. The third-order valence-corrected chi connectivity index (χ3v) is 7.37.